The first-order valence-corrected chi connectivity index (χ1v) is 10.8. The van der Waals surface area contributed by atoms with Crippen LogP contribution in [0.5, 0.6) is 0 Å². The molecule has 3 aromatic rings. The maximum absolute atomic E-state index is 13.1. The second-order valence-electron chi connectivity index (χ2n) is 7.49. The van der Waals surface area contributed by atoms with Gasteiger partial charge in [0, 0.05) is 26.5 Å². The highest BCUT2D eigenvalue weighted by atomic mass is 35.5. The van der Waals surface area contributed by atoms with Crippen LogP contribution in [0.15, 0.2) is 48.2 Å². The second kappa shape index (κ2) is 8.94. The zero-order valence-electron chi connectivity index (χ0n) is 17.5. The van der Waals surface area contributed by atoms with E-state index < -0.39 is 17.7 Å². The van der Waals surface area contributed by atoms with Gasteiger partial charge in [-0.3, -0.25) is 14.0 Å². The Morgan fingerprint density at radius 3 is 2.69 bits per heavy atom. The molecule has 0 bridgehead atoms. The SMILES string of the molecule is COCCCN1C(=O)C(=O)C(=C(O)c2c(C)nc3ccccn23)C1c1ccc(Cl)c(Cl)c1. The number of halogens is 2. The number of aliphatic hydroxyl groups excluding tert-OH is 1. The topological polar surface area (TPSA) is 84.1 Å². The van der Waals surface area contributed by atoms with Crippen molar-refractivity contribution in [2.24, 2.45) is 0 Å². The molecule has 0 aliphatic carbocycles. The van der Waals surface area contributed by atoms with Crippen molar-refractivity contribution < 1.29 is 19.4 Å². The summed E-state index contributed by atoms with van der Waals surface area (Å²) in [7, 11) is 1.57. The molecular formula is C23H21Cl2N3O4. The lowest BCUT2D eigenvalue weighted by molar-refractivity contribution is -0.140. The summed E-state index contributed by atoms with van der Waals surface area (Å²) in [6.07, 6.45) is 2.27. The Kier molecular flexibility index (Phi) is 6.24. The molecule has 1 aliphatic rings. The molecule has 1 amide bonds. The van der Waals surface area contributed by atoms with Gasteiger partial charge in [0.2, 0.25) is 0 Å². The standard InChI is InChI=1S/C23H21Cl2N3O4/c1-13-19(27-9-4-3-6-17(27)26-13)21(29)18-20(14-7-8-15(24)16(25)12-14)28(10-5-11-32-2)23(31)22(18)30/h3-4,6-9,12,20,29H,5,10-11H2,1-2H3. The van der Waals surface area contributed by atoms with Gasteiger partial charge in [0.1, 0.15) is 11.3 Å². The van der Waals surface area contributed by atoms with E-state index in [4.69, 9.17) is 27.9 Å². The van der Waals surface area contributed by atoms with Crippen LogP contribution >= 0.6 is 23.2 Å². The fourth-order valence-corrected chi connectivity index (χ4v) is 4.35. The summed E-state index contributed by atoms with van der Waals surface area (Å²) in [4.78, 5) is 32.0. The van der Waals surface area contributed by atoms with Gasteiger partial charge in [0.05, 0.1) is 27.4 Å². The van der Waals surface area contributed by atoms with E-state index in [0.29, 0.717) is 40.6 Å². The summed E-state index contributed by atoms with van der Waals surface area (Å²) in [6, 6.07) is 9.51. The molecule has 1 saturated heterocycles. The molecule has 1 N–H and O–H groups in total. The number of rotatable bonds is 6. The highest BCUT2D eigenvalue weighted by Gasteiger charge is 2.46. The molecule has 3 heterocycles. The first-order valence-electron chi connectivity index (χ1n) is 10.0. The molecule has 1 fully saturated rings. The molecule has 1 aliphatic heterocycles. The number of Topliss-reactive ketones (excluding diaryl/α,β-unsaturated/α-hetero) is 1. The summed E-state index contributed by atoms with van der Waals surface area (Å²) in [6.45, 7) is 2.43. The van der Waals surface area contributed by atoms with Crippen LogP contribution in [-0.2, 0) is 14.3 Å². The molecule has 166 valence electrons. The van der Waals surface area contributed by atoms with Gasteiger partial charge >= 0.3 is 0 Å². The minimum atomic E-state index is -0.824. The van der Waals surface area contributed by atoms with E-state index in [2.05, 4.69) is 4.98 Å². The van der Waals surface area contributed by atoms with Crippen molar-refractivity contribution in [3.05, 3.63) is 75.2 Å². The number of amides is 1. The number of nitrogens with zero attached hydrogens (tertiary/aromatic N) is 3. The van der Waals surface area contributed by atoms with Crippen LogP contribution in [0.4, 0.5) is 0 Å². The van der Waals surface area contributed by atoms with Gasteiger partial charge in [-0.15, -0.1) is 0 Å². The lowest BCUT2D eigenvalue weighted by atomic mass is 9.96. The third-order valence-electron chi connectivity index (χ3n) is 5.48. The number of imidazole rings is 1. The number of aromatic nitrogens is 2. The van der Waals surface area contributed by atoms with Crippen molar-refractivity contribution in [2.75, 3.05) is 20.3 Å². The molecule has 1 aromatic carbocycles. The number of methoxy groups -OCH3 is 1. The van der Waals surface area contributed by atoms with Crippen LogP contribution in [-0.4, -0.2) is 51.3 Å². The quantitative estimate of drug-likeness (QED) is 0.248. The third kappa shape index (κ3) is 3.77. The van der Waals surface area contributed by atoms with Gasteiger partial charge in [0.25, 0.3) is 11.7 Å². The number of ether oxygens (including phenoxy) is 1. The predicted molar refractivity (Wildman–Crippen MR) is 122 cm³/mol. The second-order valence-corrected chi connectivity index (χ2v) is 8.30. The molecule has 1 unspecified atom stereocenters. The van der Waals surface area contributed by atoms with E-state index in [1.54, 1.807) is 55.0 Å². The van der Waals surface area contributed by atoms with E-state index in [-0.39, 0.29) is 22.9 Å². The van der Waals surface area contributed by atoms with Crippen molar-refractivity contribution in [1.82, 2.24) is 14.3 Å². The van der Waals surface area contributed by atoms with Crippen LogP contribution < -0.4 is 0 Å². The Bertz CT molecular complexity index is 1250. The van der Waals surface area contributed by atoms with Gasteiger partial charge in [-0.1, -0.05) is 35.3 Å². The number of fused-ring (bicyclic) bond motifs is 1. The van der Waals surface area contributed by atoms with Gasteiger partial charge in [-0.2, -0.15) is 0 Å². The Hall–Kier alpha value is -2.87. The summed E-state index contributed by atoms with van der Waals surface area (Å²) in [5.74, 6) is -1.74. The number of ketones is 1. The molecule has 1 atom stereocenters. The predicted octanol–water partition coefficient (Wildman–Crippen LogP) is 4.41. The van der Waals surface area contributed by atoms with Gasteiger partial charge < -0.3 is 14.7 Å². The first-order chi connectivity index (χ1) is 15.3. The Morgan fingerprint density at radius 1 is 1.19 bits per heavy atom. The number of aryl methyl sites for hydroxylation is 1. The Balaban J connectivity index is 1.92. The molecule has 4 rings (SSSR count). The van der Waals surface area contributed by atoms with E-state index in [9.17, 15) is 14.7 Å². The van der Waals surface area contributed by atoms with E-state index >= 15 is 0 Å². The van der Waals surface area contributed by atoms with E-state index in [1.807, 2.05) is 6.07 Å². The number of aliphatic hydroxyl groups is 1. The van der Waals surface area contributed by atoms with Gasteiger partial charge in [0.15, 0.2) is 5.76 Å². The number of carbonyl (C=O) groups is 2. The summed E-state index contributed by atoms with van der Waals surface area (Å²) in [5, 5.41) is 12.0. The largest absolute Gasteiger partial charge is 0.505 e. The molecule has 9 heteroatoms. The minimum Gasteiger partial charge on any atom is -0.505 e. The first kappa shape index (κ1) is 22.3. The highest BCUT2D eigenvalue weighted by Crippen LogP contribution is 2.41. The van der Waals surface area contributed by atoms with Crippen molar-refractivity contribution >= 4 is 46.3 Å². The Morgan fingerprint density at radius 2 is 1.97 bits per heavy atom. The lowest BCUT2D eigenvalue weighted by Gasteiger charge is -2.25. The van der Waals surface area contributed by atoms with Crippen LogP contribution in [0.3, 0.4) is 0 Å². The average Bonchev–Trinajstić information content (AvgIpc) is 3.23. The van der Waals surface area contributed by atoms with Crippen molar-refractivity contribution in [3.63, 3.8) is 0 Å². The molecule has 0 saturated carbocycles. The molecule has 0 spiro atoms. The zero-order valence-corrected chi connectivity index (χ0v) is 19.0. The van der Waals surface area contributed by atoms with Crippen molar-refractivity contribution in [2.45, 2.75) is 19.4 Å². The monoisotopic (exact) mass is 473 g/mol. The van der Waals surface area contributed by atoms with E-state index in [0.717, 1.165) is 0 Å². The molecule has 32 heavy (non-hydrogen) atoms. The summed E-state index contributed by atoms with van der Waals surface area (Å²) >= 11 is 12.3. The molecule has 7 nitrogen and oxygen atoms in total. The van der Waals surface area contributed by atoms with Crippen molar-refractivity contribution in [3.8, 4) is 0 Å². The number of benzene rings is 1. The number of carbonyl (C=O) groups excluding carboxylic acids is 2. The van der Waals surface area contributed by atoms with E-state index in [1.165, 1.54) is 4.90 Å². The Labute approximate surface area is 194 Å². The number of pyridine rings is 1. The smallest absolute Gasteiger partial charge is 0.295 e. The normalized spacial score (nSPS) is 18.1. The van der Waals surface area contributed by atoms with Crippen LogP contribution in [0, 0.1) is 6.92 Å². The number of likely N-dealkylation sites (tertiary alicyclic amines) is 1. The maximum Gasteiger partial charge on any atom is 0.295 e. The van der Waals surface area contributed by atoms with Gasteiger partial charge in [-0.05, 0) is 43.2 Å². The third-order valence-corrected chi connectivity index (χ3v) is 6.21. The molecule has 0 radical (unpaired) electrons. The lowest BCUT2D eigenvalue weighted by Crippen LogP contribution is -2.31. The van der Waals surface area contributed by atoms with Crippen molar-refractivity contribution in [1.29, 1.82) is 0 Å². The van der Waals surface area contributed by atoms with Crippen LogP contribution in [0.25, 0.3) is 11.4 Å². The van der Waals surface area contributed by atoms with Crippen LogP contribution in [0.2, 0.25) is 10.0 Å². The molecule has 2 aromatic heterocycles. The minimum absolute atomic E-state index is 0.0143. The summed E-state index contributed by atoms with van der Waals surface area (Å²) < 4.78 is 6.79. The zero-order chi connectivity index (χ0) is 23.0. The van der Waals surface area contributed by atoms with Crippen LogP contribution in [0.1, 0.15) is 29.4 Å². The fourth-order valence-electron chi connectivity index (χ4n) is 4.05. The summed E-state index contributed by atoms with van der Waals surface area (Å²) in [5.41, 5.74) is 2.07. The fraction of sp³-hybridized carbons (Fsp3) is 0.261. The molecular weight excluding hydrogens is 453 g/mol. The number of hydrogen-bond donors (Lipinski definition) is 1. The highest BCUT2D eigenvalue weighted by molar-refractivity contribution is 6.46. The number of hydrogen-bond acceptors (Lipinski definition) is 5. The maximum atomic E-state index is 13.1. The van der Waals surface area contributed by atoms with Gasteiger partial charge in [-0.25, -0.2) is 4.98 Å². The average molecular weight is 474 g/mol.